The number of nitrogens with one attached hydrogen (secondary N) is 1. The summed E-state index contributed by atoms with van der Waals surface area (Å²) in [5, 5.41) is 3.01. The minimum absolute atomic E-state index is 0.0731. The second-order valence-corrected chi connectivity index (χ2v) is 6.49. The highest BCUT2D eigenvalue weighted by Crippen LogP contribution is 2.30. The van der Waals surface area contributed by atoms with E-state index in [1.165, 1.54) is 11.8 Å². The van der Waals surface area contributed by atoms with Gasteiger partial charge in [0.05, 0.1) is 12.8 Å². The number of nitrogens with zero attached hydrogens (tertiary/aromatic N) is 1. The van der Waals surface area contributed by atoms with E-state index in [4.69, 9.17) is 4.74 Å². The third kappa shape index (κ3) is 4.88. The predicted molar refractivity (Wildman–Crippen MR) is 110 cm³/mol. The normalized spacial score (nSPS) is 10.4. The van der Waals surface area contributed by atoms with Crippen LogP contribution in [0.25, 0.3) is 0 Å². The molecule has 2 amide bonds. The molecule has 0 unspecified atom stereocenters. The third-order valence-corrected chi connectivity index (χ3v) is 4.57. The molecular formula is C22H28N2O3. The maximum absolute atomic E-state index is 12.8. The van der Waals surface area contributed by atoms with Gasteiger partial charge in [0.1, 0.15) is 12.3 Å². The Morgan fingerprint density at radius 2 is 1.70 bits per heavy atom. The van der Waals surface area contributed by atoms with E-state index in [0.29, 0.717) is 11.4 Å². The van der Waals surface area contributed by atoms with Crippen LogP contribution in [-0.4, -0.2) is 25.5 Å². The Bertz CT molecular complexity index is 808. The number of carbonyl (C=O) groups is 2. The zero-order valence-corrected chi connectivity index (χ0v) is 16.8. The number of benzene rings is 2. The summed E-state index contributed by atoms with van der Waals surface area (Å²) >= 11 is 0. The van der Waals surface area contributed by atoms with Crippen LogP contribution in [-0.2, 0) is 22.4 Å². The minimum Gasteiger partial charge on any atom is -0.495 e. The molecule has 0 fully saturated rings. The highest BCUT2D eigenvalue weighted by molar-refractivity contribution is 6.03. The standard InChI is InChI=1S/C22H28N2O3/c1-6-17-9-8-10-18(7-2)22(17)23-21(26)14-24(16(4)25)19-13-15(3)11-12-20(19)27-5/h8-13H,6-7,14H2,1-5H3,(H,23,26). The molecule has 0 saturated carbocycles. The first kappa shape index (κ1) is 20.5. The molecule has 144 valence electrons. The Morgan fingerprint density at radius 3 is 2.22 bits per heavy atom. The van der Waals surface area contributed by atoms with Crippen LogP contribution < -0.4 is 15.0 Å². The van der Waals surface area contributed by atoms with Gasteiger partial charge in [0.2, 0.25) is 11.8 Å². The maximum Gasteiger partial charge on any atom is 0.244 e. The zero-order chi connectivity index (χ0) is 20.0. The molecule has 2 aromatic rings. The fourth-order valence-electron chi connectivity index (χ4n) is 3.10. The van der Waals surface area contributed by atoms with Crippen molar-refractivity contribution in [2.45, 2.75) is 40.5 Å². The van der Waals surface area contributed by atoms with Gasteiger partial charge in [-0.05, 0) is 48.6 Å². The molecule has 0 atom stereocenters. The number of amides is 2. The summed E-state index contributed by atoms with van der Waals surface area (Å²) in [6.45, 7) is 7.43. The van der Waals surface area contributed by atoms with Gasteiger partial charge in [0.25, 0.3) is 0 Å². The Balaban J connectivity index is 2.30. The number of hydrogen-bond acceptors (Lipinski definition) is 3. The van der Waals surface area contributed by atoms with Crippen molar-refractivity contribution < 1.29 is 14.3 Å². The molecule has 2 rings (SSSR count). The highest BCUT2D eigenvalue weighted by Gasteiger charge is 2.20. The molecule has 0 aliphatic carbocycles. The smallest absolute Gasteiger partial charge is 0.244 e. The lowest BCUT2D eigenvalue weighted by molar-refractivity contribution is -0.120. The van der Waals surface area contributed by atoms with Crippen molar-refractivity contribution in [1.29, 1.82) is 0 Å². The van der Waals surface area contributed by atoms with Gasteiger partial charge in [-0.25, -0.2) is 0 Å². The first-order valence-electron chi connectivity index (χ1n) is 9.24. The average Bonchev–Trinajstić information content (AvgIpc) is 2.66. The van der Waals surface area contributed by atoms with Crippen molar-refractivity contribution in [3.05, 3.63) is 53.1 Å². The van der Waals surface area contributed by atoms with Crippen LogP contribution in [0, 0.1) is 6.92 Å². The Labute approximate surface area is 161 Å². The van der Waals surface area contributed by atoms with E-state index in [1.807, 2.05) is 37.3 Å². The SMILES string of the molecule is CCc1cccc(CC)c1NC(=O)CN(C(C)=O)c1cc(C)ccc1OC. The van der Waals surface area contributed by atoms with Crippen molar-refractivity contribution in [3.63, 3.8) is 0 Å². The van der Waals surface area contributed by atoms with Crippen LogP contribution in [0.2, 0.25) is 0 Å². The van der Waals surface area contributed by atoms with Crippen molar-refractivity contribution in [2.24, 2.45) is 0 Å². The molecule has 0 aromatic heterocycles. The number of para-hydroxylation sites is 1. The van der Waals surface area contributed by atoms with E-state index in [1.54, 1.807) is 13.2 Å². The number of carbonyl (C=O) groups excluding carboxylic acids is 2. The largest absolute Gasteiger partial charge is 0.495 e. The molecule has 0 heterocycles. The topological polar surface area (TPSA) is 58.6 Å². The van der Waals surface area contributed by atoms with Gasteiger partial charge in [-0.1, -0.05) is 38.1 Å². The van der Waals surface area contributed by atoms with E-state index in [2.05, 4.69) is 19.2 Å². The molecule has 0 saturated heterocycles. The monoisotopic (exact) mass is 368 g/mol. The summed E-state index contributed by atoms with van der Waals surface area (Å²) in [5.74, 6) is 0.115. The van der Waals surface area contributed by atoms with Gasteiger partial charge in [-0.15, -0.1) is 0 Å². The molecule has 2 aromatic carbocycles. The van der Waals surface area contributed by atoms with Gasteiger partial charge in [0.15, 0.2) is 0 Å². The van der Waals surface area contributed by atoms with Crippen LogP contribution >= 0.6 is 0 Å². The van der Waals surface area contributed by atoms with Crippen LogP contribution in [0.3, 0.4) is 0 Å². The van der Waals surface area contributed by atoms with Gasteiger partial charge in [-0.3, -0.25) is 14.5 Å². The second-order valence-electron chi connectivity index (χ2n) is 6.49. The summed E-state index contributed by atoms with van der Waals surface area (Å²) in [7, 11) is 1.55. The van der Waals surface area contributed by atoms with E-state index < -0.39 is 0 Å². The Hall–Kier alpha value is -2.82. The minimum atomic E-state index is -0.232. The number of rotatable bonds is 7. The van der Waals surface area contributed by atoms with Crippen molar-refractivity contribution >= 4 is 23.2 Å². The van der Waals surface area contributed by atoms with Crippen molar-refractivity contribution in [2.75, 3.05) is 23.9 Å². The molecule has 0 aliphatic heterocycles. The zero-order valence-electron chi connectivity index (χ0n) is 16.8. The first-order chi connectivity index (χ1) is 12.9. The Morgan fingerprint density at radius 1 is 1.07 bits per heavy atom. The van der Waals surface area contributed by atoms with Gasteiger partial charge in [-0.2, -0.15) is 0 Å². The summed E-state index contributed by atoms with van der Waals surface area (Å²) < 4.78 is 5.38. The number of ether oxygens (including phenoxy) is 1. The van der Waals surface area contributed by atoms with Crippen molar-refractivity contribution in [1.82, 2.24) is 0 Å². The molecule has 5 heteroatoms. The number of aryl methyl sites for hydroxylation is 3. The summed E-state index contributed by atoms with van der Waals surface area (Å²) in [5.41, 5.74) is 4.62. The molecule has 5 nitrogen and oxygen atoms in total. The summed E-state index contributed by atoms with van der Waals surface area (Å²) in [6.07, 6.45) is 1.65. The maximum atomic E-state index is 12.8. The quantitative estimate of drug-likeness (QED) is 0.800. The second kappa shape index (κ2) is 9.21. The lowest BCUT2D eigenvalue weighted by atomic mass is 10.0. The fourth-order valence-corrected chi connectivity index (χ4v) is 3.10. The van der Waals surface area contributed by atoms with Gasteiger partial charge >= 0.3 is 0 Å². The number of hydrogen-bond donors (Lipinski definition) is 1. The van der Waals surface area contributed by atoms with E-state index in [0.717, 1.165) is 35.2 Å². The highest BCUT2D eigenvalue weighted by atomic mass is 16.5. The molecular weight excluding hydrogens is 340 g/mol. The number of anilines is 2. The van der Waals surface area contributed by atoms with E-state index in [9.17, 15) is 9.59 Å². The van der Waals surface area contributed by atoms with Crippen LogP contribution in [0.15, 0.2) is 36.4 Å². The van der Waals surface area contributed by atoms with Gasteiger partial charge in [0, 0.05) is 12.6 Å². The molecule has 27 heavy (non-hydrogen) atoms. The summed E-state index contributed by atoms with van der Waals surface area (Å²) in [6, 6.07) is 11.6. The van der Waals surface area contributed by atoms with E-state index in [-0.39, 0.29) is 18.4 Å². The predicted octanol–water partition coefficient (Wildman–Crippen LogP) is 4.12. The lowest BCUT2D eigenvalue weighted by Crippen LogP contribution is -2.37. The average molecular weight is 368 g/mol. The van der Waals surface area contributed by atoms with E-state index >= 15 is 0 Å². The fraction of sp³-hybridized carbons (Fsp3) is 0.364. The molecule has 0 bridgehead atoms. The molecule has 0 radical (unpaired) electrons. The lowest BCUT2D eigenvalue weighted by Gasteiger charge is -2.24. The first-order valence-corrected chi connectivity index (χ1v) is 9.24. The van der Waals surface area contributed by atoms with Crippen LogP contribution in [0.5, 0.6) is 5.75 Å². The molecule has 0 spiro atoms. The van der Waals surface area contributed by atoms with Gasteiger partial charge < -0.3 is 10.1 Å². The molecule has 0 aliphatic rings. The Kier molecular flexibility index (Phi) is 6.99. The molecule has 1 N–H and O–H groups in total. The van der Waals surface area contributed by atoms with Crippen LogP contribution in [0.1, 0.15) is 37.5 Å². The van der Waals surface area contributed by atoms with Crippen molar-refractivity contribution in [3.8, 4) is 5.75 Å². The summed E-state index contributed by atoms with van der Waals surface area (Å²) in [4.78, 5) is 26.5. The third-order valence-electron chi connectivity index (χ3n) is 4.57. The number of methoxy groups -OCH3 is 1. The van der Waals surface area contributed by atoms with Crippen LogP contribution in [0.4, 0.5) is 11.4 Å².